The molecule has 2 rings (SSSR count). The zero-order chi connectivity index (χ0) is 16.5. The Kier molecular flexibility index (Phi) is 6.56. The molecule has 124 valence electrons. The molecule has 0 heterocycles. The van der Waals surface area contributed by atoms with Gasteiger partial charge in [-0.05, 0) is 42.8 Å². The summed E-state index contributed by atoms with van der Waals surface area (Å²) < 4.78 is 16.0. The van der Waals surface area contributed by atoms with Crippen LogP contribution in [-0.4, -0.2) is 39.0 Å². The van der Waals surface area contributed by atoms with Crippen molar-refractivity contribution in [3.63, 3.8) is 0 Å². The van der Waals surface area contributed by atoms with Gasteiger partial charge in [0.1, 0.15) is 6.61 Å². The second-order valence-electron chi connectivity index (χ2n) is 5.01. The van der Waals surface area contributed by atoms with Crippen LogP contribution >= 0.6 is 0 Å². The van der Waals surface area contributed by atoms with Crippen LogP contribution in [-0.2, 0) is 6.42 Å². The van der Waals surface area contributed by atoms with Crippen LogP contribution in [0.25, 0.3) is 0 Å². The molecule has 0 aromatic heterocycles. The number of phenolic OH excluding ortho intramolecular Hbond substituents is 1. The molecular formula is C18H23NO4. The molecule has 0 atom stereocenters. The average molecular weight is 317 g/mol. The molecular weight excluding hydrogens is 294 g/mol. The highest BCUT2D eigenvalue weighted by Gasteiger charge is 2.04. The molecule has 0 saturated carbocycles. The highest BCUT2D eigenvalue weighted by Crippen LogP contribution is 2.27. The van der Waals surface area contributed by atoms with Gasteiger partial charge in [0.25, 0.3) is 0 Å². The molecule has 0 unspecified atom stereocenters. The van der Waals surface area contributed by atoms with Gasteiger partial charge < -0.3 is 24.6 Å². The molecule has 23 heavy (non-hydrogen) atoms. The van der Waals surface area contributed by atoms with E-state index in [9.17, 15) is 5.11 Å². The third-order valence-corrected chi connectivity index (χ3v) is 3.44. The smallest absolute Gasteiger partial charge is 0.160 e. The fourth-order valence-electron chi connectivity index (χ4n) is 2.21. The summed E-state index contributed by atoms with van der Waals surface area (Å²) in [5.74, 6) is 2.15. The number of rotatable bonds is 9. The van der Waals surface area contributed by atoms with E-state index in [-0.39, 0.29) is 5.75 Å². The predicted molar refractivity (Wildman–Crippen MR) is 89.7 cm³/mol. The monoisotopic (exact) mass is 317 g/mol. The van der Waals surface area contributed by atoms with E-state index in [0.29, 0.717) is 18.9 Å². The van der Waals surface area contributed by atoms with Gasteiger partial charge in [-0.25, -0.2) is 0 Å². The Hall–Kier alpha value is -2.40. The summed E-state index contributed by atoms with van der Waals surface area (Å²) in [6.07, 6.45) is 0.886. The van der Waals surface area contributed by atoms with Gasteiger partial charge in [0.2, 0.25) is 0 Å². The highest BCUT2D eigenvalue weighted by atomic mass is 16.5. The van der Waals surface area contributed by atoms with Gasteiger partial charge in [-0.3, -0.25) is 0 Å². The first-order chi connectivity index (χ1) is 11.2. The van der Waals surface area contributed by atoms with Crippen LogP contribution in [0.5, 0.6) is 23.0 Å². The van der Waals surface area contributed by atoms with Gasteiger partial charge in [0.05, 0.1) is 14.2 Å². The third-order valence-electron chi connectivity index (χ3n) is 3.44. The molecule has 0 aliphatic heterocycles. The number of benzene rings is 2. The number of para-hydroxylation sites is 2. The minimum atomic E-state index is 0.165. The summed E-state index contributed by atoms with van der Waals surface area (Å²) in [7, 11) is 3.26. The molecule has 5 heteroatoms. The second-order valence-corrected chi connectivity index (χ2v) is 5.01. The van der Waals surface area contributed by atoms with Crippen molar-refractivity contribution in [2.24, 2.45) is 0 Å². The van der Waals surface area contributed by atoms with Crippen LogP contribution in [0.1, 0.15) is 5.56 Å². The van der Waals surface area contributed by atoms with E-state index in [0.717, 1.165) is 24.5 Å². The second kappa shape index (κ2) is 8.90. The standard InChI is InChI=1S/C18H23NO4/c1-21-17-8-7-14(13-18(17)22-2)9-10-19-11-12-23-16-6-4-3-5-15(16)20/h3-8,13,19-20H,9-12H2,1-2H3. The first kappa shape index (κ1) is 17.0. The van der Waals surface area contributed by atoms with Gasteiger partial charge in [0.15, 0.2) is 23.0 Å². The Morgan fingerprint density at radius 2 is 1.70 bits per heavy atom. The van der Waals surface area contributed by atoms with Crippen molar-refractivity contribution in [3.8, 4) is 23.0 Å². The Balaban J connectivity index is 1.68. The molecule has 2 aromatic rings. The fraction of sp³-hybridized carbons (Fsp3) is 0.333. The molecule has 0 aliphatic rings. The van der Waals surface area contributed by atoms with E-state index in [1.54, 1.807) is 32.4 Å². The zero-order valence-corrected chi connectivity index (χ0v) is 13.5. The Bertz CT molecular complexity index is 616. The van der Waals surface area contributed by atoms with E-state index in [2.05, 4.69) is 5.32 Å². The molecule has 2 aromatic carbocycles. The first-order valence-electron chi connectivity index (χ1n) is 7.57. The third kappa shape index (κ3) is 5.07. The maximum Gasteiger partial charge on any atom is 0.160 e. The normalized spacial score (nSPS) is 10.3. The van der Waals surface area contributed by atoms with Crippen molar-refractivity contribution in [2.45, 2.75) is 6.42 Å². The number of phenols is 1. The van der Waals surface area contributed by atoms with E-state index >= 15 is 0 Å². The molecule has 0 amide bonds. The maximum atomic E-state index is 9.59. The lowest BCUT2D eigenvalue weighted by atomic mass is 10.1. The van der Waals surface area contributed by atoms with Crippen LogP contribution in [0.3, 0.4) is 0 Å². The van der Waals surface area contributed by atoms with Crippen molar-refractivity contribution in [2.75, 3.05) is 33.9 Å². The van der Waals surface area contributed by atoms with Gasteiger partial charge in [-0.15, -0.1) is 0 Å². The molecule has 0 saturated heterocycles. The van der Waals surface area contributed by atoms with Gasteiger partial charge in [-0.2, -0.15) is 0 Å². The van der Waals surface area contributed by atoms with Crippen molar-refractivity contribution >= 4 is 0 Å². The molecule has 0 aliphatic carbocycles. The zero-order valence-electron chi connectivity index (χ0n) is 13.5. The Morgan fingerprint density at radius 3 is 2.43 bits per heavy atom. The van der Waals surface area contributed by atoms with Gasteiger partial charge in [-0.1, -0.05) is 18.2 Å². The number of hydrogen-bond acceptors (Lipinski definition) is 5. The summed E-state index contributed by atoms with van der Waals surface area (Å²) >= 11 is 0. The van der Waals surface area contributed by atoms with E-state index in [1.807, 2.05) is 24.3 Å². The van der Waals surface area contributed by atoms with Crippen molar-refractivity contribution < 1.29 is 19.3 Å². The van der Waals surface area contributed by atoms with Crippen molar-refractivity contribution in [1.29, 1.82) is 0 Å². The van der Waals surface area contributed by atoms with Crippen LogP contribution in [0.2, 0.25) is 0 Å². The van der Waals surface area contributed by atoms with E-state index in [1.165, 1.54) is 5.56 Å². The van der Waals surface area contributed by atoms with Crippen LogP contribution in [0.15, 0.2) is 42.5 Å². The molecule has 0 fully saturated rings. The van der Waals surface area contributed by atoms with Crippen molar-refractivity contribution in [3.05, 3.63) is 48.0 Å². The lowest BCUT2D eigenvalue weighted by Gasteiger charge is -2.11. The number of aromatic hydroxyl groups is 1. The molecule has 0 spiro atoms. The SMILES string of the molecule is COc1ccc(CCNCCOc2ccccc2O)cc1OC. The van der Waals surface area contributed by atoms with Crippen LogP contribution < -0.4 is 19.5 Å². The first-order valence-corrected chi connectivity index (χ1v) is 7.57. The van der Waals surface area contributed by atoms with Gasteiger partial charge >= 0.3 is 0 Å². The maximum absolute atomic E-state index is 9.59. The molecule has 0 bridgehead atoms. The quantitative estimate of drug-likeness (QED) is 0.696. The lowest BCUT2D eigenvalue weighted by Crippen LogP contribution is -2.23. The number of nitrogens with one attached hydrogen (secondary N) is 1. The molecule has 2 N–H and O–H groups in total. The number of methoxy groups -OCH3 is 2. The highest BCUT2D eigenvalue weighted by molar-refractivity contribution is 5.43. The van der Waals surface area contributed by atoms with Crippen molar-refractivity contribution in [1.82, 2.24) is 5.32 Å². The largest absolute Gasteiger partial charge is 0.504 e. The fourth-order valence-corrected chi connectivity index (χ4v) is 2.21. The topological polar surface area (TPSA) is 60.0 Å². The van der Waals surface area contributed by atoms with E-state index in [4.69, 9.17) is 14.2 Å². The minimum absolute atomic E-state index is 0.165. The lowest BCUT2D eigenvalue weighted by molar-refractivity contribution is 0.297. The predicted octanol–water partition coefficient (Wildman–Crippen LogP) is 2.62. The minimum Gasteiger partial charge on any atom is -0.504 e. The molecule has 0 radical (unpaired) electrons. The number of hydrogen-bond donors (Lipinski definition) is 2. The summed E-state index contributed by atoms with van der Waals surface area (Å²) in [5, 5.41) is 12.9. The summed E-state index contributed by atoms with van der Waals surface area (Å²) in [4.78, 5) is 0. The van der Waals surface area contributed by atoms with Crippen LogP contribution in [0.4, 0.5) is 0 Å². The van der Waals surface area contributed by atoms with Gasteiger partial charge in [0, 0.05) is 6.54 Å². The summed E-state index contributed by atoms with van der Waals surface area (Å²) in [5.41, 5.74) is 1.18. The Morgan fingerprint density at radius 1 is 0.913 bits per heavy atom. The molecule has 5 nitrogen and oxygen atoms in total. The number of ether oxygens (including phenoxy) is 3. The average Bonchev–Trinajstić information content (AvgIpc) is 2.59. The Labute approximate surface area is 136 Å². The summed E-state index contributed by atoms with van der Waals surface area (Å²) in [6.45, 7) is 2.05. The summed E-state index contributed by atoms with van der Waals surface area (Å²) in [6, 6.07) is 12.9. The van der Waals surface area contributed by atoms with E-state index < -0.39 is 0 Å². The van der Waals surface area contributed by atoms with Crippen LogP contribution in [0, 0.1) is 0 Å².